The third kappa shape index (κ3) is 6.00. The fraction of sp³-hybridized carbons (Fsp3) is 0.118. The molecule has 4 aromatic carbocycles. The van der Waals surface area contributed by atoms with Crippen molar-refractivity contribution in [2.75, 3.05) is 6.61 Å². The molecule has 0 radical (unpaired) electrons. The Morgan fingerprint density at radius 1 is 1.04 bits per heavy atom. The number of benzene rings is 4. The van der Waals surface area contributed by atoms with Crippen LogP contribution < -0.4 is 24.7 Å². The van der Waals surface area contributed by atoms with Crippen LogP contribution in [0.5, 0.6) is 23.0 Å². The quantitative estimate of drug-likeness (QED) is 0.131. The second-order valence-electron chi connectivity index (χ2n) is 9.93. The molecule has 0 fully saturated rings. The molecular formula is C34H23Cl2FN2O5S. The summed E-state index contributed by atoms with van der Waals surface area (Å²) in [6.45, 7) is 2.42. The lowest BCUT2D eigenvalue weighted by Gasteiger charge is -2.27. The maximum Gasteiger partial charge on any atom is 0.355 e. The monoisotopic (exact) mass is 660 g/mol. The zero-order chi connectivity index (χ0) is 31.7. The molecule has 1 aliphatic heterocycles. The normalized spacial score (nSPS) is 14.0. The lowest BCUT2D eigenvalue weighted by Crippen LogP contribution is -2.21. The van der Waals surface area contributed by atoms with Crippen molar-refractivity contribution in [1.82, 2.24) is 0 Å². The summed E-state index contributed by atoms with van der Waals surface area (Å²) in [5.41, 5.74) is 8.56. The number of nitriles is 1. The van der Waals surface area contributed by atoms with Gasteiger partial charge >= 0.3 is 5.97 Å². The first-order chi connectivity index (χ1) is 21.8. The van der Waals surface area contributed by atoms with Crippen LogP contribution in [-0.2, 0) is 6.61 Å². The van der Waals surface area contributed by atoms with Crippen molar-refractivity contribution < 1.29 is 28.1 Å². The summed E-state index contributed by atoms with van der Waals surface area (Å²) in [7, 11) is 0. The summed E-state index contributed by atoms with van der Waals surface area (Å²) in [6, 6.07) is 23.7. The first-order valence-corrected chi connectivity index (χ1v) is 15.3. The van der Waals surface area contributed by atoms with Gasteiger partial charge in [-0.05, 0) is 60.5 Å². The lowest BCUT2D eigenvalue weighted by molar-refractivity contribution is 0.0739. The fourth-order valence-corrected chi connectivity index (χ4v) is 6.85. The zero-order valence-corrected chi connectivity index (χ0v) is 25.9. The lowest BCUT2D eigenvalue weighted by atomic mass is 9.83. The summed E-state index contributed by atoms with van der Waals surface area (Å²) in [5.74, 6) is -0.187. The molecule has 1 aromatic heterocycles. The van der Waals surface area contributed by atoms with E-state index in [1.807, 2.05) is 19.1 Å². The van der Waals surface area contributed by atoms with Crippen molar-refractivity contribution in [3.8, 4) is 29.1 Å². The van der Waals surface area contributed by atoms with Crippen molar-refractivity contribution in [2.24, 2.45) is 5.73 Å². The van der Waals surface area contributed by atoms with Gasteiger partial charge in [-0.25, -0.2) is 9.18 Å². The summed E-state index contributed by atoms with van der Waals surface area (Å²) < 4.78 is 37.4. The second-order valence-corrected chi connectivity index (χ2v) is 11.8. The van der Waals surface area contributed by atoms with Crippen LogP contribution >= 0.6 is 34.5 Å². The van der Waals surface area contributed by atoms with Crippen molar-refractivity contribution >= 4 is 50.6 Å². The Morgan fingerprint density at radius 3 is 2.58 bits per heavy atom. The van der Waals surface area contributed by atoms with E-state index < -0.39 is 11.9 Å². The van der Waals surface area contributed by atoms with Gasteiger partial charge in [0.05, 0.1) is 22.6 Å². The van der Waals surface area contributed by atoms with Crippen molar-refractivity contribution in [3.05, 3.63) is 128 Å². The average molecular weight is 662 g/mol. The average Bonchev–Trinajstić information content (AvgIpc) is 3.38. The molecule has 226 valence electrons. The fourth-order valence-electron chi connectivity index (χ4n) is 5.03. The molecule has 2 N–H and O–H groups in total. The first-order valence-electron chi connectivity index (χ1n) is 13.7. The highest BCUT2D eigenvalue weighted by Gasteiger charge is 2.32. The van der Waals surface area contributed by atoms with Gasteiger partial charge in [0.1, 0.15) is 40.4 Å². The van der Waals surface area contributed by atoms with E-state index in [1.165, 1.54) is 23.5 Å². The maximum absolute atomic E-state index is 13.3. The van der Waals surface area contributed by atoms with Gasteiger partial charge in [0, 0.05) is 21.7 Å². The number of allylic oxidation sites excluding steroid dienone is 1. The number of nitrogens with two attached hydrogens (primary N) is 1. The third-order valence-electron chi connectivity index (χ3n) is 7.10. The molecule has 0 spiro atoms. The number of hydrogen-bond acceptors (Lipinski definition) is 8. The zero-order valence-electron chi connectivity index (χ0n) is 23.6. The Morgan fingerprint density at radius 2 is 1.84 bits per heavy atom. The van der Waals surface area contributed by atoms with Gasteiger partial charge in [0.25, 0.3) is 0 Å². The molecule has 0 amide bonds. The predicted molar refractivity (Wildman–Crippen MR) is 171 cm³/mol. The molecule has 0 saturated heterocycles. The Labute approximate surface area is 271 Å². The highest BCUT2D eigenvalue weighted by Crippen LogP contribution is 2.46. The van der Waals surface area contributed by atoms with Crippen molar-refractivity contribution in [3.63, 3.8) is 0 Å². The van der Waals surface area contributed by atoms with E-state index in [9.17, 15) is 14.4 Å². The molecule has 0 aliphatic carbocycles. The van der Waals surface area contributed by atoms with Gasteiger partial charge in [-0.2, -0.15) is 5.26 Å². The largest absolute Gasteiger partial charge is 0.490 e. The van der Waals surface area contributed by atoms with Crippen LogP contribution in [0.15, 0.2) is 90.3 Å². The van der Waals surface area contributed by atoms with Crippen LogP contribution in [0.1, 0.15) is 39.2 Å². The smallest absolute Gasteiger partial charge is 0.355 e. The van der Waals surface area contributed by atoms with E-state index >= 15 is 0 Å². The van der Waals surface area contributed by atoms with Gasteiger partial charge in [0.2, 0.25) is 5.88 Å². The van der Waals surface area contributed by atoms with Gasteiger partial charge in [0.15, 0.2) is 11.5 Å². The van der Waals surface area contributed by atoms with Crippen LogP contribution in [0.2, 0.25) is 10.0 Å². The number of thiophene rings is 1. The van der Waals surface area contributed by atoms with Gasteiger partial charge in [-0.3, -0.25) is 0 Å². The number of hydrogen-bond donors (Lipinski definition) is 1. The molecule has 1 atom stereocenters. The number of rotatable bonds is 8. The van der Waals surface area contributed by atoms with Gasteiger partial charge < -0.3 is 24.7 Å². The number of carbonyl (C=O) groups excluding carboxylic acids is 1. The molecule has 1 unspecified atom stereocenters. The number of nitrogens with zero attached hydrogens (tertiary/aromatic N) is 1. The number of esters is 1. The Balaban J connectivity index is 1.29. The summed E-state index contributed by atoms with van der Waals surface area (Å²) in [6.07, 6.45) is 0. The topological polar surface area (TPSA) is 104 Å². The van der Waals surface area contributed by atoms with Crippen LogP contribution in [0.4, 0.5) is 4.39 Å². The van der Waals surface area contributed by atoms with E-state index in [-0.39, 0.29) is 39.5 Å². The van der Waals surface area contributed by atoms with Gasteiger partial charge in [-0.15, -0.1) is 11.3 Å². The summed E-state index contributed by atoms with van der Waals surface area (Å²) >= 11 is 14.0. The van der Waals surface area contributed by atoms with Crippen LogP contribution in [0.3, 0.4) is 0 Å². The minimum atomic E-state index is -0.650. The predicted octanol–water partition coefficient (Wildman–Crippen LogP) is 8.76. The second kappa shape index (κ2) is 12.7. The molecule has 0 bridgehead atoms. The summed E-state index contributed by atoms with van der Waals surface area (Å²) in [5, 5.41) is 11.3. The molecular weight excluding hydrogens is 638 g/mol. The highest BCUT2D eigenvalue weighted by molar-refractivity contribution is 7.21. The molecule has 7 nitrogen and oxygen atoms in total. The maximum atomic E-state index is 13.3. The van der Waals surface area contributed by atoms with E-state index in [0.717, 1.165) is 10.3 Å². The molecule has 6 rings (SSSR count). The number of halogens is 3. The number of carbonyl (C=O) groups is 1. The first kappa shape index (κ1) is 30.3. The minimum absolute atomic E-state index is 0.0738. The molecule has 45 heavy (non-hydrogen) atoms. The highest BCUT2D eigenvalue weighted by atomic mass is 35.5. The molecule has 1 aliphatic rings. The minimum Gasteiger partial charge on any atom is -0.490 e. The van der Waals surface area contributed by atoms with Crippen molar-refractivity contribution in [2.45, 2.75) is 19.4 Å². The van der Waals surface area contributed by atoms with Crippen LogP contribution in [0.25, 0.3) is 10.1 Å². The van der Waals surface area contributed by atoms with E-state index in [4.69, 9.17) is 47.9 Å². The Hall–Kier alpha value is -4.75. The van der Waals surface area contributed by atoms with E-state index in [1.54, 1.807) is 54.6 Å². The van der Waals surface area contributed by atoms with Crippen LogP contribution in [-0.4, -0.2) is 12.6 Å². The van der Waals surface area contributed by atoms with Crippen molar-refractivity contribution in [1.29, 1.82) is 5.26 Å². The Kier molecular flexibility index (Phi) is 8.55. The molecule has 2 heterocycles. The molecule has 11 heteroatoms. The number of fused-ring (bicyclic) bond motifs is 2. The SMILES string of the molecule is CCOc1cc(C2C(C#N)=C(N)Oc3cc(OC(=O)c4sc5cccc(Cl)c5c4Cl)ccc32)ccc1OCc1ccc(F)cc1. The summed E-state index contributed by atoms with van der Waals surface area (Å²) in [4.78, 5) is 13.3. The standard InChI is InChI=1S/C34H23Cl2FN2O5S/c1-2-41-27-14-19(8-13-25(27)42-17-18-6-9-20(37)10-7-18)29-22-12-11-21(15-26(22)44-33(39)23(29)16-38)43-34(40)32-31(36)30-24(35)4-3-5-28(30)45-32/h3-15,29H,2,17,39H2,1H3. The number of ether oxygens (including phenoxy) is 4. The van der Waals surface area contributed by atoms with Gasteiger partial charge in [-0.1, -0.05) is 53.5 Å². The van der Waals surface area contributed by atoms with Crippen LogP contribution in [0, 0.1) is 17.1 Å². The Bertz CT molecular complexity index is 2020. The molecule has 0 saturated carbocycles. The van der Waals surface area contributed by atoms with E-state index in [0.29, 0.717) is 45.4 Å². The third-order valence-corrected chi connectivity index (χ3v) is 9.04. The molecule has 5 aromatic rings. The van der Waals surface area contributed by atoms with E-state index in [2.05, 4.69) is 6.07 Å².